The van der Waals surface area contributed by atoms with E-state index in [0.717, 1.165) is 28.8 Å². The number of nitrogens with one attached hydrogen (secondary N) is 1. The first kappa shape index (κ1) is 16.8. The van der Waals surface area contributed by atoms with Crippen molar-refractivity contribution in [2.24, 2.45) is 0 Å². The molecule has 1 saturated heterocycles. The van der Waals surface area contributed by atoms with E-state index >= 15 is 0 Å². The van der Waals surface area contributed by atoms with E-state index in [1.165, 1.54) is 6.07 Å². The summed E-state index contributed by atoms with van der Waals surface area (Å²) in [6.45, 7) is 2.09. The molecular formula is C18H19F3N2O. The number of rotatable bonds is 4. The molecule has 1 heterocycles. The number of hydrogen-bond acceptors (Lipinski definition) is 2. The van der Waals surface area contributed by atoms with E-state index in [9.17, 15) is 18.0 Å². The summed E-state index contributed by atoms with van der Waals surface area (Å²) in [7, 11) is 0. The Bertz CT molecular complexity index is 758. The summed E-state index contributed by atoms with van der Waals surface area (Å²) >= 11 is 0. The van der Waals surface area contributed by atoms with Crippen LogP contribution in [0.1, 0.15) is 36.9 Å². The molecule has 1 N–H and O–H groups in total. The van der Waals surface area contributed by atoms with Crippen molar-refractivity contribution in [2.45, 2.75) is 38.4 Å². The van der Waals surface area contributed by atoms with Crippen LogP contribution in [0.3, 0.4) is 0 Å². The van der Waals surface area contributed by atoms with Crippen LogP contribution >= 0.6 is 0 Å². The van der Waals surface area contributed by atoms with Crippen molar-refractivity contribution in [1.82, 2.24) is 10.4 Å². The van der Waals surface area contributed by atoms with E-state index in [4.69, 9.17) is 0 Å². The van der Waals surface area contributed by atoms with Gasteiger partial charge in [0.25, 0.3) is 0 Å². The Hall–Kier alpha value is -2.08. The van der Waals surface area contributed by atoms with Gasteiger partial charge >= 0.3 is 6.18 Å². The highest BCUT2D eigenvalue weighted by atomic mass is 19.4. The lowest BCUT2D eigenvalue weighted by molar-refractivity contribution is -0.190. The number of hydrogen-bond donors (Lipinski definition) is 1. The van der Waals surface area contributed by atoms with E-state index in [0.29, 0.717) is 5.39 Å². The molecule has 3 nitrogen and oxygen atoms in total. The third-order valence-electron chi connectivity index (χ3n) is 4.33. The van der Waals surface area contributed by atoms with Gasteiger partial charge in [0.1, 0.15) is 0 Å². The van der Waals surface area contributed by atoms with Crippen LogP contribution in [0.4, 0.5) is 13.2 Å². The molecule has 2 aromatic carbocycles. The molecular weight excluding hydrogens is 317 g/mol. The Morgan fingerprint density at radius 2 is 1.88 bits per heavy atom. The average molecular weight is 336 g/mol. The third-order valence-corrected chi connectivity index (χ3v) is 4.33. The number of aryl methyl sites for hydroxylation is 1. The molecule has 0 radical (unpaired) electrons. The van der Waals surface area contributed by atoms with Crippen molar-refractivity contribution in [3.63, 3.8) is 0 Å². The first-order chi connectivity index (χ1) is 11.4. The second-order valence-corrected chi connectivity index (χ2v) is 6.03. The summed E-state index contributed by atoms with van der Waals surface area (Å²) in [4.78, 5) is 11.4. The van der Waals surface area contributed by atoms with E-state index in [-0.39, 0.29) is 24.4 Å². The van der Waals surface area contributed by atoms with Crippen LogP contribution in [0, 0.1) is 0 Å². The van der Waals surface area contributed by atoms with Crippen LogP contribution in [-0.2, 0) is 11.2 Å². The minimum atomic E-state index is -4.48. The Morgan fingerprint density at radius 1 is 1.17 bits per heavy atom. The van der Waals surface area contributed by atoms with Gasteiger partial charge in [0, 0.05) is 13.0 Å². The highest BCUT2D eigenvalue weighted by molar-refractivity contribution is 5.89. The van der Waals surface area contributed by atoms with Crippen LogP contribution in [0.2, 0.25) is 0 Å². The largest absolute Gasteiger partial charge is 0.409 e. The average Bonchev–Trinajstić information content (AvgIpc) is 2.93. The zero-order valence-electron chi connectivity index (χ0n) is 13.4. The lowest BCUT2D eigenvalue weighted by Gasteiger charge is -2.30. The van der Waals surface area contributed by atoms with E-state index in [2.05, 4.69) is 5.43 Å². The molecule has 1 unspecified atom stereocenters. The predicted octanol–water partition coefficient (Wildman–Crippen LogP) is 4.13. The SMILES string of the molecule is CCCc1cccc2c(C(N3CCC(=O)N3)C(F)(F)F)cccc12. The number of halogens is 3. The van der Waals surface area contributed by atoms with Gasteiger partial charge < -0.3 is 0 Å². The number of alkyl halides is 3. The van der Waals surface area contributed by atoms with Crippen LogP contribution in [0.25, 0.3) is 10.8 Å². The molecule has 128 valence electrons. The van der Waals surface area contributed by atoms with Crippen molar-refractivity contribution >= 4 is 16.7 Å². The minimum absolute atomic E-state index is 0.0497. The second kappa shape index (κ2) is 6.43. The maximum absolute atomic E-state index is 13.8. The van der Waals surface area contributed by atoms with E-state index in [1.54, 1.807) is 18.2 Å². The quantitative estimate of drug-likeness (QED) is 0.910. The molecule has 0 saturated carbocycles. The maximum Gasteiger partial charge on any atom is 0.409 e. The fourth-order valence-electron chi connectivity index (χ4n) is 3.33. The highest BCUT2D eigenvalue weighted by Crippen LogP contribution is 2.41. The topological polar surface area (TPSA) is 32.3 Å². The van der Waals surface area contributed by atoms with Crippen molar-refractivity contribution in [3.8, 4) is 0 Å². The molecule has 1 aliphatic heterocycles. The molecule has 24 heavy (non-hydrogen) atoms. The molecule has 1 amide bonds. The van der Waals surface area contributed by atoms with Gasteiger partial charge in [0.15, 0.2) is 6.04 Å². The molecule has 6 heteroatoms. The van der Waals surface area contributed by atoms with Crippen molar-refractivity contribution in [2.75, 3.05) is 6.54 Å². The normalized spacial score (nSPS) is 17.2. The molecule has 0 aliphatic carbocycles. The molecule has 1 fully saturated rings. The van der Waals surface area contributed by atoms with Gasteiger partial charge in [0.2, 0.25) is 5.91 Å². The van der Waals surface area contributed by atoms with Gasteiger partial charge in [-0.15, -0.1) is 0 Å². The standard InChI is InChI=1S/C18H19F3N2O/c1-2-5-12-6-3-8-14-13(12)7-4-9-15(14)17(18(19,20)21)23-11-10-16(24)22-23/h3-4,6-9,17H,2,5,10-11H2,1H3,(H,22,24). The van der Waals surface area contributed by atoms with Gasteiger partial charge in [-0.3, -0.25) is 10.2 Å². The Balaban J connectivity index is 2.14. The molecule has 1 atom stereocenters. The molecule has 2 aromatic rings. The third kappa shape index (κ3) is 3.11. The minimum Gasteiger partial charge on any atom is -0.288 e. The molecule has 0 spiro atoms. The number of benzene rings is 2. The monoisotopic (exact) mass is 336 g/mol. The number of carbonyl (C=O) groups excluding carboxylic acids is 1. The number of amides is 1. The zero-order chi connectivity index (χ0) is 17.3. The van der Waals surface area contributed by atoms with Crippen LogP contribution < -0.4 is 5.43 Å². The van der Waals surface area contributed by atoms with Crippen molar-refractivity contribution in [1.29, 1.82) is 0 Å². The van der Waals surface area contributed by atoms with E-state index in [1.807, 2.05) is 19.1 Å². The number of fused-ring (bicyclic) bond motifs is 1. The first-order valence-corrected chi connectivity index (χ1v) is 8.05. The van der Waals surface area contributed by atoms with Gasteiger partial charge in [-0.2, -0.15) is 13.2 Å². The lowest BCUT2D eigenvalue weighted by Crippen LogP contribution is -2.43. The number of carbonyl (C=O) groups is 1. The maximum atomic E-state index is 13.8. The van der Waals surface area contributed by atoms with Gasteiger partial charge in [-0.25, -0.2) is 5.01 Å². The summed E-state index contributed by atoms with van der Waals surface area (Å²) in [5.41, 5.74) is 3.56. The molecule has 0 aromatic heterocycles. The summed E-state index contributed by atoms with van der Waals surface area (Å²) in [6, 6.07) is 8.65. The fraction of sp³-hybridized carbons (Fsp3) is 0.389. The zero-order valence-corrected chi connectivity index (χ0v) is 13.4. The first-order valence-electron chi connectivity index (χ1n) is 8.05. The fourth-order valence-corrected chi connectivity index (χ4v) is 3.33. The summed E-state index contributed by atoms with van der Waals surface area (Å²) in [5, 5.41) is 2.44. The Kier molecular flexibility index (Phi) is 4.49. The van der Waals surface area contributed by atoms with Gasteiger partial charge in [-0.05, 0) is 28.3 Å². The summed E-state index contributed by atoms with van der Waals surface area (Å²) < 4.78 is 41.3. The molecule has 1 aliphatic rings. The van der Waals surface area contributed by atoms with Crippen molar-refractivity contribution in [3.05, 3.63) is 47.5 Å². The van der Waals surface area contributed by atoms with Gasteiger partial charge in [-0.1, -0.05) is 49.7 Å². The second-order valence-electron chi connectivity index (χ2n) is 6.03. The summed E-state index contributed by atoms with van der Waals surface area (Å²) in [6.07, 6.45) is -2.66. The molecule has 0 bridgehead atoms. The lowest BCUT2D eigenvalue weighted by atomic mass is 9.94. The smallest absolute Gasteiger partial charge is 0.288 e. The summed E-state index contributed by atoms with van der Waals surface area (Å²) in [5.74, 6) is -0.379. The number of nitrogens with zero attached hydrogens (tertiary/aromatic N) is 1. The van der Waals surface area contributed by atoms with Gasteiger partial charge in [0.05, 0.1) is 0 Å². The highest BCUT2D eigenvalue weighted by Gasteiger charge is 2.47. The van der Waals surface area contributed by atoms with Crippen molar-refractivity contribution < 1.29 is 18.0 Å². The Morgan fingerprint density at radius 3 is 2.50 bits per heavy atom. The van der Waals surface area contributed by atoms with E-state index < -0.39 is 12.2 Å². The van der Waals surface area contributed by atoms with Crippen LogP contribution in [0.15, 0.2) is 36.4 Å². The van der Waals surface area contributed by atoms with Crippen LogP contribution in [0.5, 0.6) is 0 Å². The molecule has 3 rings (SSSR count). The van der Waals surface area contributed by atoms with Crippen LogP contribution in [-0.4, -0.2) is 23.6 Å². The Labute approximate surface area is 138 Å². The predicted molar refractivity (Wildman–Crippen MR) is 86.2 cm³/mol. The number of hydrazine groups is 1.